The molecule has 0 atom stereocenters. The second-order valence-corrected chi connectivity index (χ2v) is 14.7. The summed E-state index contributed by atoms with van der Waals surface area (Å²) >= 11 is 0. The fraction of sp³-hybridized carbons (Fsp3) is 0.0189. The molecule has 264 valence electrons. The number of benzene rings is 7. The van der Waals surface area contributed by atoms with Gasteiger partial charge in [0.25, 0.3) is 0 Å². The van der Waals surface area contributed by atoms with Crippen molar-refractivity contribution in [1.82, 2.24) is 15.0 Å². The molecule has 0 bridgehead atoms. The Morgan fingerprint density at radius 3 is 1.46 bits per heavy atom. The van der Waals surface area contributed by atoms with Gasteiger partial charge in [0.1, 0.15) is 0 Å². The van der Waals surface area contributed by atoms with Gasteiger partial charge in [0.05, 0.1) is 28.4 Å². The molecule has 57 heavy (non-hydrogen) atoms. The molecule has 0 fully saturated rings. The Labute approximate surface area is 331 Å². The summed E-state index contributed by atoms with van der Waals surface area (Å²) in [7, 11) is 0. The molecule has 0 saturated heterocycles. The maximum absolute atomic E-state index is 9.55. The van der Waals surface area contributed by atoms with Crippen LogP contribution in [0.15, 0.2) is 194 Å². The van der Waals surface area contributed by atoms with Gasteiger partial charge in [0.15, 0.2) is 5.82 Å². The standard InChI is InChI=1S/C53H32N4/c54-32-34-19-21-37(22-20-34)52-56-50(36-25-23-35(24-26-36)39-10-9-29-55-33-39)31-51(57-52)38-27-28-45-41-12-2-1-11-40(41)42-13-3-6-16-46(42)53(49(45)30-38)47-17-7-4-14-43(47)44-15-5-8-18-48(44)53/h1-31,33H. The molecule has 0 saturated carbocycles. The number of fused-ring (bicyclic) bond motifs is 12. The second kappa shape index (κ2) is 12.9. The molecule has 4 heteroatoms. The van der Waals surface area contributed by atoms with Crippen LogP contribution < -0.4 is 0 Å². The minimum absolute atomic E-state index is 0.592. The third kappa shape index (κ3) is 5.03. The van der Waals surface area contributed by atoms with E-state index in [-0.39, 0.29) is 0 Å². The second-order valence-electron chi connectivity index (χ2n) is 14.7. The first-order valence-corrected chi connectivity index (χ1v) is 19.1. The molecular formula is C53H32N4. The quantitative estimate of drug-likeness (QED) is 0.181. The maximum atomic E-state index is 9.55. The number of nitrogens with zero attached hydrogens (tertiary/aromatic N) is 4. The first kappa shape index (κ1) is 32.7. The van der Waals surface area contributed by atoms with Crippen molar-refractivity contribution in [3.05, 3.63) is 222 Å². The molecule has 7 aromatic carbocycles. The van der Waals surface area contributed by atoms with Crippen LogP contribution in [0.4, 0.5) is 0 Å². The predicted octanol–water partition coefficient (Wildman–Crippen LogP) is 12.4. The molecular weight excluding hydrogens is 693 g/mol. The van der Waals surface area contributed by atoms with Crippen LogP contribution in [-0.4, -0.2) is 15.0 Å². The Morgan fingerprint density at radius 2 is 0.877 bits per heavy atom. The molecule has 9 aromatic rings. The number of rotatable bonds is 4. The molecule has 2 aliphatic rings. The van der Waals surface area contributed by atoms with Crippen molar-refractivity contribution in [2.24, 2.45) is 0 Å². The molecule has 0 unspecified atom stereocenters. The lowest BCUT2D eigenvalue weighted by Gasteiger charge is -2.35. The Hall–Kier alpha value is -7.74. The van der Waals surface area contributed by atoms with E-state index in [0.29, 0.717) is 11.4 Å². The highest BCUT2D eigenvalue weighted by Crippen LogP contribution is 2.61. The fourth-order valence-electron chi connectivity index (χ4n) is 9.14. The third-order valence-corrected chi connectivity index (χ3v) is 11.7. The summed E-state index contributed by atoms with van der Waals surface area (Å²) in [5.74, 6) is 0.597. The number of nitriles is 1. The van der Waals surface area contributed by atoms with E-state index in [1.54, 1.807) is 6.20 Å². The average Bonchev–Trinajstić information content (AvgIpc) is 3.54. The molecule has 2 aliphatic carbocycles. The first-order valence-electron chi connectivity index (χ1n) is 19.1. The van der Waals surface area contributed by atoms with E-state index in [1.165, 1.54) is 55.6 Å². The smallest absolute Gasteiger partial charge is 0.160 e. The van der Waals surface area contributed by atoms with Gasteiger partial charge in [-0.1, -0.05) is 140 Å². The molecule has 0 aliphatic heterocycles. The van der Waals surface area contributed by atoms with Gasteiger partial charge >= 0.3 is 0 Å². The Kier molecular flexibility index (Phi) is 7.42. The third-order valence-electron chi connectivity index (χ3n) is 11.7. The highest BCUT2D eigenvalue weighted by atomic mass is 14.9. The van der Waals surface area contributed by atoms with Crippen LogP contribution in [0.25, 0.3) is 78.4 Å². The van der Waals surface area contributed by atoms with Gasteiger partial charge in [0, 0.05) is 29.1 Å². The zero-order chi connectivity index (χ0) is 37.9. The van der Waals surface area contributed by atoms with Crippen molar-refractivity contribution >= 4 is 0 Å². The molecule has 0 amide bonds. The predicted molar refractivity (Wildman–Crippen MR) is 228 cm³/mol. The van der Waals surface area contributed by atoms with Crippen molar-refractivity contribution in [3.8, 4) is 84.5 Å². The normalized spacial score (nSPS) is 12.7. The minimum Gasteiger partial charge on any atom is -0.264 e. The number of pyridine rings is 1. The number of hydrogen-bond acceptors (Lipinski definition) is 4. The summed E-state index contributed by atoms with van der Waals surface area (Å²) in [4.78, 5) is 14.7. The van der Waals surface area contributed by atoms with E-state index >= 15 is 0 Å². The van der Waals surface area contributed by atoms with Gasteiger partial charge in [-0.3, -0.25) is 4.98 Å². The van der Waals surface area contributed by atoms with Crippen molar-refractivity contribution < 1.29 is 0 Å². The van der Waals surface area contributed by atoms with Crippen molar-refractivity contribution in [3.63, 3.8) is 0 Å². The lowest BCUT2D eigenvalue weighted by molar-refractivity contribution is 0.775. The van der Waals surface area contributed by atoms with Crippen molar-refractivity contribution in [2.75, 3.05) is 0 Å². The highest BCUT2D eigenvalue weighted by Gasteiger charge is 2.49. The van der Waals surface area contributed by atoms with Gasteiger partial charge in [-0.25, -0.2) is 9.97 Å². The van der Waals surface area contributed by atoms with Crippen molar-refractivity contribution in [1.29, 1.82) is 5.26 Å². The monoisotopic (exact) mass is 724 g/mol. The Morgan fingerprint density at radius 1 is 0.386 bits per heavy atom. The molecule has 0 N–H and O–H groups in total. The first-order chi connectivity index (χ1) is 28.2. The summed E-state index contributed by atoms with van der Waals surface area (Å²) in [5.41, 5.74) is 19.0. The Balaban J connectivity index is 1.18. The lowest BCUT2D eigenvalue weighted by Crippen LogP contribution is -2.29. The summed E-state index contributed by atoms with van der Waals surface area (Å²) in [6.07, 6.45) is 3.67. The van der Waals surface area contributed by atoms with E-state index in [4.69, 9.17) is 9.97 Å². The van der Waals surface area contributed by atoms with Crippen LogP contribution in [0.1, 0.15) is 27.8 Å². The molecule has 2 aromatic heterocycles. The highest BCUT2D eigenvalue weighted by molar-refractivity contribution is 5.98. The Bertz CT molecular complexity index is 3020. The topological polar surface area (TPSA) is 62.5 Å². The minimum atomic E-state index is -0.595. The summed E-state index contributed by atoms with van der Waals surface area (Å²) < 4.78 is 0. The molecule has 1 spiro atoms. The van der Waals surface area contributed by atoms with Crippen LogP contribution in [0.5, 0.6) is 0 Å². The number of hydrogen-bond donors (Lipinski definition) is 0. The summed E-state index contributed by atoms with van der Waals surface area (Å²) in [6, 6.07) is 66.8. The van der Waals surface area contributed by atoms with Crippen LogP contribution >= 0.6 is 0 Å². The molecule has 11 rings (SSSR count). The van der Waals surface area contributed by atoms with Gasteiger partial charge in [-0.2, -0.15) is 5.26 Å². The van der Waals surface area contributed by atoms with Gasteiger partial charge in [0.2, 0.25) is 0 Å². The molecule has 4 nitrogen and oxygen atoms in total. The van der Waals surface area contributed by atoms with E-state index in [1.807, 2.05) is 36.5 Å². The van der Waals surface area contributed by atoms with Crippen LogP contribution in [-0.2, 0) is 5.41 Å². The van der Waals surface area contributed by atoms with Crippen LogP contribution in [0.3, 0.4) is 0 Å². The van der Waals surface area contributed by atoms with E-state index < -0.39 is 5.41 Å². The van der Waals surface area contributed by atoms with Gasteiger partial charge in [-0.15, -0.1) is 0 Å². The van der Waals surface area contributed by atoms with E-state index in [2.05, 4.69) is 163 Å². The fourth-order valence-corrected chi connectivity index (χ4v) is 9.14. The van der Waals surface area contributed by atoms with Crippen molar-refractivity contribution in [2.45, 2.75) is 5.41 Å². The maximum Gasteiger partial charge on any atom is 0.160 e. The zero-order valence-electron chi connectivity index (χ0n) is 30.8. The van der Waals surface area contributed by atoms with Gasteiger partial charge in [-0.05, 0) is 109 Å². The van der Waals surface area contributed by atoms with E-state index in [9.17, 15) is 5.26 Å². The summed E-state index contributed by atoms with van der Waals surface area (Å²) in [6.45, 7) is 0. The molecule has 0 radical (unpaired) electrons. The number of aromatic nitrogens is 3. The van der Waals surface area contributed by atoms with E-state index in [0.717, 1.165) is 39.2 Å². The van der Waals surface area contributed by atoms with Crippen LogP contribution in [0, 0.1) is 11.3 Å². The molecule has 2 heterocycles. The largest absolute Gasteiger partial charge is 0.264 e. The zero-order valence-corrected chi connectivity index (χ0v) is 30.8. The summed E-state index contributed by atoms with van der Waals surface area (Å²) in [5, 5.41) is 9.55. The van der Waals surface area contributed by atoms with Gasteiger partial charge < -0.3 is 0 Å². The lowest BCUT2D eigenvalue weighted by atomic mass is 9.65. The average molecular weight is 725 g/mol. The SMILES string of the molecule is N#Cc1ccc(-c2nc(-c3ccc(-c4cccnc4)cc3)cc(-c3ccc4c(c3)C3(c5ccccc5-c5ccccc5-4)c4ccccc4-c4ccccc43)n2)cc1. The van der Waals surface area contributed by atoms with Crippen LogP contribution in [0.2, 0.25) is 0 Å².